The maximum Gasteiger partial charge on any atom is 0.196 e. The molecule has 5 heteroatoms. The average molecular weight is 331 g/mol. The second-order valence-corrected chi connectivity index (χ2v) is 5.80. The molecular weight excluding hydrogens is 314 g/mol. The van der Waals surface area contributed by atoms with E-state index in [1.165, 1.54) is 0 Å². The van der Waals surface area contributed by atoms with Gasteiger partial charge in [-0.2, -0.15) is 0 Å². The Kier molecular flexibility index (Phi) is 3.87. The predicted molar refractivity (Wildman–Crippen MR) is 81.4 cm³/mol. The van der Waals surface area contributed by atoms with Crippen LogP contribution in [0, 0.1) is 0 Å². The summed E-state index contributed by atoms with van der Waals surface area (Å²) >= 11 is 9.49. The van der Waals surface area contributed by atoms with Crippen molar-refractivity contribution >= 4 is 39.2 Å². The van der Waals surface area contributed by atoms with Crippen molar-refractivity contribution in [2.24, 2.45) is 10.7 Å². The Balaban J connectivity index is 2.45. The van der Waals surface area contributed by atoms with Gasteiger partial charge >= 0.3 is 0 Å². The van der Waals surface area contributed by atoms with Crippen molar-refractivity contribution in [2.75, 3.05) is 11.4 Å². The van der Waals surface area contributed by atoms with Gasteiger partial charge in [0, 0.05) is 10.2 Å². The van der Waals surface area contributed by atoms with Crippen LogP contribution < -0.4 is 10.6 Å². The number of benzene rings is 1. The fraction of sp³-hybridized carbons (Fsp3) is 0.462. The van der Waals surface area contributed by atoms with Gasteiger partial charge in [-0.3, -0.25) is 4.99 Å². The summed E-state index contributed by atoms with van der Waals surface area (Å²) in [6.07, 6.45) is 2.02. The summed E-state index contributed by atoms with van der Waals surface area (Å²) in [6, 6.07) is 5.86. The SMILES string of the molecule is CCC1(CC)CN=C(N)N1c1ccc(Cl)c(Br)c1. The average Bonchev–Trinajstić information content (AvgIpc) is 2.71. The summed E-state index contributed by atoms with van der Waals surface area (Å²) in [5, 5.41) is 0.701. The van der Waals surface area contributed by atoms with Crippen molar-refractivity contribution in [3.63, 3.8) is 0 Å². The van der Waals surface area contributed by atoms with Gasteiger partial charge in [-0.15, -0.1) is 0 Å². The van der Waals surface area contributed by atoms with E-state index in [9.17, 15) is 0 Å². The fourth-order valence-corrected chi connectivity index (χ4v) is 2.92. The second kappa shape index (κ2) is 5.10. The molecular formula is C13H17BrClN3. The molecule has 0 aromatic heterocycles. The molecule has 0 fully saturated rings. The van der Waals surface area contributed by atoms with Crippen molar-refractivity contribution < 1.29 is 0 Å². The van der Waals surface area contributed by atoms with Crippen molar-refractivity contribution in [2.45, 2.75) is 32.2 Å². The van der Waals surface area contributed by atoms with Gasteiger partial charge < -0.3 is 10.6 Å². The van der Waals surface area contributed by atoms with Crippen LogP contribution in [0.3, 0.4) is 0 Å². The summed E-state index contributed by atoms with van der Waals surface area (Å²) in [6.45, 7) is 5.11. The molecule has 0 bridgehead atoms. The molecule has 2 rings (SSSR count). The normalized spacial score (nSPS) is 18.0. The van der Waals surface area contributed by atoms with Gasteiger partial charge in [-0.25, -0.2) is 0 Å². The number of nitrogens with two attached hydrogens (primary N) is 1. The molecule has 0 amide bonds. The third kappa shape index (κ3) is 2.12. The molecule has 0 atom stereocenters. The third-order valence-corrected chi connectivity index (χ3v) is 4.93. The van der Waals surface area contributed by atoms with Crippen LogP contribution in [0.2, 0.25) is 5.02 Å². The molecule has 1 aromatic rings. The molecule has 1 aliphatic rings. The standard InChI is InChI=1S/C13H17BrClN3/c1-3-13(4-2)8-17-12(16)18(13)9-5-6-11(15)10(14)7-9/h5-7H,3-4,8H2,1-2H3,(H2,16,17). The van der Waals surface area contributed by atoms with Crippen molar-refractivity contribution in [1.82, 2.24) is 0 Å². The zero-order valence-corrected chi connectivity index (χ0v) is 12.9. The summed E-state index contributed by atoms with van der Waals surface area (Å²) in [5.74, 6) is 0.591. The number of aliphatic imine (C=N–C) groups is 1. The van der Waals surface area contributed by atoms with Gasteiger partial charge in [-0.1, -0.05) is 25.4 Å². The molecule has 18 heavy (non-hydrogen) atoms. The van der Waals surface area contributed by atoms with Crippen LogP contribution in [-0.2, 0) is 0 Å². The van der Waals surface area contributed by atoms with E-state index in [0.29, 0.717) is 11.0 Å². The van der Waals surface area contributed by atoms with E-state index in [1.54, 1.807) is 0 Å². The highest BCUT2D eigenvalue weighted by Gasteiger charge is 2.40. The molecule has 0 aliphatic carbocycles. The first-order valence-electron chi connectivity index (χ1n) is 6.09. The summed E-state index contributed by atoms with van der Waals surface area (Å²) in [4.78, 5) is 6.55. The first-order chi connectivity index (χ1) is 8.54. The Morgan fingerprint density at radius 3 is 2.67 bits per heavy atom. The topological polar surface area (TPSA) is 41.6 Å². The van der Waals surface area contributed by atoms with Crippen molar-refractivity contribution in [3.05, 3.63) is 27.7 Å². The van der Waals surface area contributed by atoms with Gasteiger partial charge in [0.05, 0.1) is 17.1 Å². The maximum absolute atomic E-state index is 6.05. The molecule has 98 valence electrons. The highest BCUT2D eigenvalue weighted by molar-refractivity contribution is 9.10. The first kappa shape index (κ1) is 13.7. The molecule has 0 radical (unpaired) electrons. The molecule has 0 saturated carbocycles. The van der Waals surface area contributed by atoms with Crippen LogP contribution in [0.5, 0.6) is 0 Å². The highest BCUT2D eigenvalue weighted by Crippen LogP contribution is 2.36. The number of hydrogen-bond donors (Lipinski definition) is 1. The van der Waals surface area contributed by atoms with Crippen LogP contribution >= 0.6 is 27.5 Å². The van der Waals surface area contributed by atoms with Gasteiger partial charge in [-0.05, 0) is 47.0 Å². The van der Waals surface area contributed by atoms with Crippen LogP contribution in [-0.4, -0.2) is 18.0 Å². The lowest BCUT2D eigenvalue weighted by atomic mass is 9.91. The molecule has 3 nitrogen and oxygen atoms in total. The minimum atomic E-state index is -0.00263. The van der Waals surface area contributed by atoms with Crippen LogP contribution in [0.4, 0.5) is 5.69 Å². The zero-order valence-electron chi connectivity index (χ0n) is 10.6. The monoisotopic (exact) mass is 329 g/mol. The van der Waals surface area contributed by atoms with E-state index in [2.05, 4.69) is 39.7 Å². The summed E-state index contributed by atoms with van der Waals surface area (Å²) in [7, 11) is 0. The van der Waals surface area contributed by atoms with Crippen molar-refractivity contribution in [3.8, 4) is 0 Å². The van der Waals surface area contributed by atoms with Gasteiger partial charge in [0.15, 0.2) is 5.96 Å². The van der Waals surface area contributed by atoms with Gasteiger partial charge in [0.2, 0.25) is 0 Å². The molecule has 0 unspecified atom stereocenters. The number of guanidine groups is 1. The first-order valence-corrected chi connectivity index (χ1v) is 7.26. The van der Waals surface area contributed by atoms with E-state index in [-0.39, 0.29) is 5.54 Å². The summed E-state index contributed by atoms with van der Waals surface area (Å²) in [5.41, 5.74) is 7.09. The molecule has 2 N–H and O–H groups in total. The van der Waals surface area contributed by atoms with Crippen LogP contribution in [0.15, 0.2) is 27.7 Å². The maximum atomic E-state index is 6.05. The molecule has 1 aliphatic heterocycles. The lowest BCUT2D eigenvalue weighted by Crippen LogP contribution is -2.51. The van der Waals surface area contributed by atoms with Gasteiger partial charge in [0.1, 0.15) is 0 Å². The largest absolute Gasteiger partial charge is 0.369 e. The number of halogens is 2. The molecule has 0 spiro atoms. The smallest absolute Gasteiger partial charge is 0.196 e. The Labute approximate surface area is 121 Å². The number of hydrogen-bond acceptors (Lipinski definition) is 3. The zero-order chi connectivity index (χ0) is 13.3. The van der Waals surface area contributed by atoms with E-state index in [0.717, 1.165) is 29.5 Å². The Bertz CT molecular complexity index is 483. The lowest BCUT2D eigenvalue weighted by molar-refractivity contribution is 0.426. The highest BCUT2D eigenvalue weighted by atomic mass is 79.9. The molecule has 1 aromatic carbocycles. The van der Waals surface area contributed by atoms with E-state index in [1.807, 2.05) is 18.2 Å². The quantitative estimate of drug-likeness (QED) is 0.916. The molecule has 1 heterocycles. The Hall–Kier alpha value is -0.740. The predicted octanol–water partition coefficient (Wildman–Crippen LogP) is 3.80. The van der Waals surface area contributed by atoms with Crippen molar-refractivity contribution in [1.29, 1.82) is 0 Å². The minimum absolute atomic E-state index is 0.00263. The van der Waals surface area contributed by atoms with E-state index in [4.69, 9.17) is 17.3 Å². The second-order valence-electron chi connectivity index (χ2n) is 4.54. The van der Waals surface area contributed by atoms with Crippen LogP contribution in [0.1, 0.15) is 26.7 Å². The minimum Gasteiger partial charge on any atom is -0.369 e. The van der Waals surface area contributed by atoms with Gasteiger partial charge in [0.25, 0.3) is 0 Å². The lowest BCUT2D eigenvalue weighted by Gasteiger charge is -2.38. The Morgan fingerprint density at radius 2 is 2.11 bits per heavy atom. The number of anilines is 1. The third-order valence-electron chi connectivity index (χ3n) is 3.72. The number of rotatable bonds is 3. The van der Waals surface area contributed by atoms with Crippen LogP contribution in [0.25, 0.3) is 0 Å². The van der Waals surface area contributed by atoms with E-state index < -0.39 is 0 Å². The fourth-order valence-electron chi connectivity index (χ4n) is 2.43. The number of nitrogens with zero attached hydrogens (tertiary/aromatic N) is 2. The molecule has 0 saturated heterocycles. The summed E-state index contributed by atoms with van der Waals surface area (Å²) < 4.78 is 0.877. The van der Waals surface area contributed by atoms with E-state index >= 15 is 0 Å². The Morgan fingerprint density at radius 1 is 1.44 bits per heavy atom.